The topological polar surface area (TPSA) is 69.5 Å². The molecule has 2 unspecified atom stereocenters. The smallest absolute Gasteiger partial charge is 0.305 e. The monoisotopic (exact) mass is 632 g/mol. The molecule has 2 aromatic carbocycles. The molecule has 1 saturated carbocycles. The van der Waals surface area contributed by atoms with Crippen molar-refractivity contribution in [2.75, 3.05) is 13.9 Å². The third kappa shape index (κ3) is 11.9. The fourth-order valence-electron chi connectivity index (χ4n) is 6.30. The van der Waals surface area contributed by atoms with E-state index in [0.717, 1.165) is 118 Å². The Morgan fingerprint density at radius 2 is 1.17 bits per heavy atom. The van der Waals surface area contributed by atoms with Crippen LogP contribution < -0.4 is 9.47 Å². The molecule has 0 aromatic heterocycles. The largest absolute Gasteiger partial charge is 0.496 e. The van der Waals surface area contributed by atoms with Gasteiger partial charge >= 0.3 is 5.97 Å². The lowest BCUT2D eigenvalue weighted by Crippen LogP contribution is -2.27. The fourth-order valence-corrected chi connectivity index (χ4v) is 6.30. The zero-order valence-electron chi connectivity index (χ0n) is 29.7. The third-order valence-corrected chi connectivity index (χ3v) is 8.92. The zero-order valence-corrected chi connectivity index (χ0v) is 29.7. The summed E-state index contributed by atoms with van der Waals surface area (Å²) in [7, 11) is 1.78. The molecule has 46 heavy (non-hydrogen) atoms. The van der Waals surface area contributed by atoms with Crippen LogP contribution in [-0.2, 0) is 35.2 Å². The Hall–Kier alpha value is -3.15. The number of ether oxygens (including phenoxy) is 3. The molecule has 2 aromatic rings. The van der Waals surface area contributed by atoms with Gasteiger partial charge in [-0.1, -0.05) is 78.4 Å². The highest BCUT2D eigenvalue weighted by Gasteiger charge is 2.24. The van der Waals surface area contributed by atoms with Crippen LogP contribution in [0.15, 0.2) is 34.3 Å². The van der Waals surface area contributed by atoms with Crippen molar-refractivity contribution in [2.24, 2.45) is 9.98 Å². The van der Waals surface area contributed by atoms with Gasteiger partial charge < -0.3 is 14.2 Å². The summed E-state index contributed by atoms with van der Waals surface area (Å²) >= 11 is 0. The van der Waals surface area contributed by atoms with Crippen LogP contribution in [0.3, 0.4) is 0 Å². The van der Waals surface area contributed by atoms with Crippen LogP contribution in [0.25, 0.3) is 0 Å². The van der Waals surface area contributed by atoms with E-state index in [-0.39, 0.29) is 24.8 Å². The van der Waals surface area contributed by atoms with E-state index in [9.17, 15) is 4.79 Å². The maximum atomic E-state index is 11.5. The van der Waals surface area contributed by atoms with Gasteiger partial charge in [-0.2, -0.15) is 0 Å². The van der Waals surface area contributed by atoms with Crippen LogP contribution >= 0.6 is 0 Å². The average molecular weight is 633 g/mol. The van der Waals surface area contributed by atoms with E-state index in [1.54, 1.807) is 7.11 Å². The van der Waals surface area contributed by atoms with Gasteiger partial charge in [0.1, 0.15) is 11.5 Å². The molecule has 0 heterocycles. The molecule has 0 radical (unpaired) electrons. The summed E-state index contributed by atoms with van der Waals surface area (Å²) in [6, 6.07) is 9.32. The molecule has 1 aliphatic carbocycles. The number of rotatable bonds is 20. The molecule has 0 spiro atoms. The van der Waals surface area contributed by atoms with E-state index in [1.165, 1.54) is 36.5 Å². The van der Waals surface area contributed by atoms with Crippen molar-refractivity contribution in [1.29, 1.82) is 0 Å². The molecule has 0 amide bonds. The minimum atomic E-state index is -0.349. The van der Waals surface area contributed by atoms with Crippen LogP contribution in [0.2, 0.25) is 0 Å². The molecule has 0 saturated heterocycles. The second-order valence-electron chi connectivity index (χ2n) is 12.8. The van der Waals surface area contributed by atoms with Crippen LogP contribution in [0.5, 0.6) is 11.5 Å². The Morgan fingerprint density at radius 3 is 1.63 bits per heavy atom. The highest BCUT2D eigenvalue weighted by Crippen LogP contribution is 2.31. The lowest BCUT2D eigenvalue weighted by molar-refractivity contribution is -0.147. The number of aliphatic imine (C=N–C) groups is 2. The quantitative estimate of drug-likeness (QED) is 0.0828. The summed E-state index contributed by atoms with van der Waals surface area (Å²) in [6.07, 6.45) is 21.6. The third-order valence-electron chi connectivity index (χ3n) is 8.92. The Bertz CT molecular complexity index is 1270. The van der Waals surface area contributed by atoms with Gasteiger partial charge in [-0.25, -0.2) is 0 Å². The summed E-state index contributed by atoms with van der Waals surface area (Å²) in [4.78, 5) is 21.9. The minimum Gasteiger partial charge on any atom is -0.496 e. The molecule has 6 heteroatoms. The number of hydrogen-bond acceptors (Lipinski definition) is 6. The molecule has 1 aliphatic rings. The van der Waals surface area contributed by atoms with Crippen LogP contribution in [0, 0.1) is 0 Å². The highest BCUT2D eigenvalue weighted by molar-refractivity contribution is 5.86. The van der Waals surface area contributed by atoms with Crippen LogP contribution in [-0.4, -0.2) is 44.4 Å². The van der Waals surface area contributed by atoms with E-state index in [4.69, 9.17) is 24.2 Å². The lowest BCUT2D eigenvalue weighted by atomic mass is 9.91. The number of aryl methyl sites for hydroxylation is 4. The van der Waals surface area contributed by atoms with E-state index in [2.05, 4.69) is 58.2 Å². The molecule has 6 nitrogen and oxygen atoms in total. The first kappa shape index (κ1) is 37.3. The van der Waals surface area contributed by atoms with Gasteiger partial charge in [0.15, 0.2) is 0 Å². The number of carbonyl (C=O) groups excluding carboxylic acids is 1. The van der Waals surface area contributed by atoms with Crippen LogP contribution in [0.4, 0.5) is 0 Å². The molecular weight excluding hydrogens is 572 g/mol. The summed E-state index contributed by atoms with van der Waals surface area (Å²) in [6.45, 7) is 10.2. The minimum absolute atomic E-state index is 0.0959. The number of benzene rings is 2. The van der Waals surface area contributed by atoms with Crippen molar-refractivity contribution in [3.05, 3.63) is 57.6 Å². The van der Waals surface area contributed by atoms with Gasteiger partial charge in [-0.3, -0.25) is 14.8 Å². The summed E-state index contributed by atoms with van der Waals surface area (Å²) in [5.74, 6) is 1.40. The number of methoxy groups -OCH3 is 1. The Balaban J connectivity index is 1.95. The van der Waals surface area contributed by atoms with Crippen molar-refractivity contribution in [2.45, 2.75) is 149 Å². The zero-order chi connectivity index (χ0) is 33.1. The van der Waals surface area contributed by atoms with Crippen molar-refractivity contribution < 1.29 is 19.0 Å². The van der Waals surface area contributed by atoms with Gasteiger partial charge in [0, 0.05) is 30.5 Å². The summed E-state index contributed by atoms with van der Waals surface area (Å²) < 4.78 is 17.3. The van der Waals surface area contributed by atoms with Gasteiger partial charge in [-0.05, 0) is 98.6 Å². The van der Waals surface area contributed by atoms with E-state index in [1.807, 2.05) is 6.21 Å². The Morgan fingerprint density at radius 1 is 0.717 bits per heavy atom. The molecule has 0 aliphatic heterocycles. The maximum absolute atomic E-state index is 11.5. The number of hydrogen-bond donors (Lipinski definition) is 0. The standard InChI is InChI=1S/C40H60N2O4/c1-7-11-17-31-23-33(19-13-9-3)39(44-6)35(25-31)27-41-37-21-15-16-22-38(37)42-28-36-26-32(18-12-8-2)24-34(20-14-10-4)40(36)46-29-45-30(5)43/h23-28,37-38H,7-22,29H2,1-6H3. The Labute approximate surface area is 279 Å². The number of carbonyl (C=O) groups is 1. The number of esters is 1. The first-order chi connectivity index (χ1) is 22.4. The lowest BCUT2D eigenvalue weighted by Gasteiger charge is -2.26. The molecular formula is C40H60N2O4. The number of unbranched alkanes of at least 4 members (excludes halogenated alkanes) is 4. The van der Waals surface area contributed by atoms with Crippen molar-refractivity contribution in [3.8, 4) is 11.5 Å². The van der Waals surface area contributed by atoms with Gasteiger partial charge in [-0.15, -0.1) is 0 Å². The second kappa shape index (κ2) is 20.9. The first-order valence-electron chi connectivity index (χ1n) is 18.1. The molecule has 0 N–H and O–H groups in total. The van der Waals surface area contributed by atoms with E-state index < -0.39 is 0 Å². The average Bonchev–Trinajstić information content (AvgIpc) is 3.06. The predicted molar refractivity (Wildman–Crippen MR) is 192 cm³/mol. The van der Waals surface area contributed by atoms with Crippen molar-refractivity contribution in [3.63, 3.8) is 0 Å². The second-order valence-corrected chi connectivity index (χ2v) is 12.8. The van der Waals surface area contributed by atoms with E-state index >= 15 is 0 Å². The summed E-state index contributed by atoms with van der Waals surface area (Å²) in [5, 5.41) is 0. The molecule has 1 fully saturated rings. The van der Waals surface area contributed by atoms with Gasteiger partial charge in [0.05, 0.1) is 19.2 Å². The molecule has 254 valence electrons. The van der Waals surface area contributed by atoms with Crippen LogP contribution in [0.1, 0.15) is 145 Å². The maximum Gasteiger partial charge on any atom is 0.305 e. The predicted octanol–water partition coefficient (Wildman–Crippen LogP) is 9.81. The summed E-state index contributed by atoms with van der Waals surface area (Å²) in [5.41, 5.74) is 7.18. The van der Waals surface area contributed by atoms with Gasteiger partial charge in [0.25, 0.3) is 0 Å². The SMILES string of the molecule is CCCCc1cc(C=NC2CCCCC2N=Cc2cc(CCCC)cc(CCCC)c2OCOC(C)=O)c(OC)c(CCCC)c1. The first-order valence-corrected chi connectivity index (χ1v) is 18.1. The Kier molecular flexibility index (Phi) is 16.9. The molecule has 3 rings (SSSR count). The number of nitrogens with zero attached hydrogens (tertiary/aromatic N) is 2. The molecule has 0 bridgehead atoms. The normalized spacial score (nSPS) is 16.7. The van der Waals surface area contributed by atoms with Gasteiger partial charge in [0.2, 0.25) is 6.79 Å². The van der Waals surface area contributed by atoms with Crippen molar-refractivity contribution in [1.82, 2.24) is 0 Å². The molecule has 2 atom stereocenters. The van der Waals surface area contributed by atoms with E-state index in [0.29, 0.717) is 0 Å². The fraction of sp³-hybridized carbons (Fsp3) is 0.625. The highest BCUT2D eigenvalue weighted by atomic mass is 16.7. The van der Waals surface area contributed by atoms with Crippen molar-refractivity contribution >= 4 is 18.4 Å².